The van der Waals surface area contributed by atoms with Crippen molar-refractivity contribution in [1.29, 1.82) is 0 Å². The van der Waals surface area contributed by atoms with Crippen LogP contribution in [0.15, 0.2) is 175 Å². The molecule has 3 aliphatic rings. The van der Waals surface area contributed by atoms with Gasteiger partial charge >= 0.3 is 0 Å². The Bertz CT molecular complexity index is 4580. The number of aromatic nitrogens is 12. The highest BCUT2D eigenvalue weighted by molar-refractivity contribution is 9.10. The van der Waals surface area contributed by atoms with Crippen LogP contribution in [-0.4, -0.2) is 188 Å². The van der Waals surface area contributed by atoms with Crippen molar-refractivity contribution in [2.75, 3.05) is 59.3 Å². The fraction of sp³-hybridized carbons (Fsp3) is 0.275. The molecule has 9 heterocycles. The van der Waals surface area contributed by atoms with E-state index in [0.29, 0.717) is 75.0 Å². The molecule has 24 nitrogen and oxygen atoms in total. The van der Waals surface area contributed by atoms with Crippen molar-refractivity contribution in [2.24, 2.45) is 0 Å². The van der Waals surface area contributed by atoms with Crippen molar-refractivity contribution in [3.63, 3.8) is 0 Å². The van der Waals surface area contributed by atoms with E-state index < -0.39 is 18.3 Å². The maximum Gasteiger partial charge on any atom is 0.256 e. The molecule has 0 bridgehead atoms. The van der Waals surface area contributed by atoms with Crippen LogP contribution in [0, 0.1) is 6.92 Å². The Morgan fingerprint density at radius 3 is 1.40 bits per heavy atom. The van der Waals surface area contributed by atoms with E-state index in [0.717, 1.165) is 31.6 Å². The average Bonchev–Trinajstić information content (AvgIpc) is 1.16. The lowest BCUT2D eigenvalue weighted by Crippen LogP contribution is -2.52. The number of ether oxygens (including phenoxy) is 6. The number of fused-ring (bicyclic) bond motifs is 2. The fourth-order valence-corrected chi connectivity index (χ4v) is 12.1. The third-order valence-corrected chi connectivity index (χ3v) is 17.4. The number of aryl methyl sites for hydroxylation is 1. The van der Waals surface area contributed by atoms with Gasteiger partial charge in [-0.05, 0) is 121 Å². The van der Waals surface area contributed by atoms with Gasteiger partial charge in [0, 0.05) is 51.0 Å². The van der Waals surface area contributed by atoms with E-state index >= 15 is 9.59 Å². The molecule has 0 aliphatic carbocycles. The highest BCUT2D eigenvalue weighted by Gasteiger charge is 2.36. The quantitative estimate of drug-likeness (QED) is 0.0824. The molecule has 3 amide bonds. The van der Waals surface area contributed by atoms with E-state index in [1.165, 1.54) is 14.4 Å². The first-order valence-electron chi connectivity index (χ1n) is 30.9. The minimum absolute atomic E-state index is 0.139. The number of morpholine rings is 3. The predicted molar refractivity (Wildman–Crippen MR) is 349 cm³/mol. The van der Waals surface area contributed by atoms with Crippen molar-refractivity contribution in [1.82, 2.24) is 74.6 Å². The van der Waals surface area contributed by atoms with Crippen LogP contribution in [0.25, 0.3) is 61.1 Å². The van der Waals surface area contributed by atoms with Crippen molar-refractivity contribution >= 4 is 55.2 Å². The lowest BCUT2D eigenvalue weighted by atomic mass is 10.0. The Kier molecular flexibility index (Phi) is 17.4. The summed E-state index contributed by atoms with van der Waals surface area (Å²) in [6.45, 7) is 9.79. The molecule has 11 aromatic rings. The van der Waals surface area contributed by atoms with Crippen LogP contribution >= 0.6 is 15.9 Å². The Hall–Kier alpha value is -10.3. The summed E-state index contributed by atoms with van der Waals surface area (Å²) in [5.74, 6) is 0.589. The first-order valence-corrected chi connectivity index (χ1v) is 31.7. The Morgan fingerprint density at radius 2 is 0.926 bits per heavy atom. The topological polar surface area (TPSA) is 247 Å². The summed E-state index contributed by atoms with van der Waals surface area (Å²) >= 11 is 3.43. The van der Waals surface area contributed by atoms with Crippen molar-refractivity contribution in [3.8, 4) is 57.2 Å². The largest absolute Gasteiger partial charge is 0.475 e. The van der Waals surface area contributed by atoms with E-state index in [4.69, 9.17) is 48.8 Å². The summed E-state index contributed by atoms with van der Waals surface area (Å²) in [6.07, 6.45) is 10.00. The zero-order valence-corrected chi connectivity index (χ0v) is 53.3. The van der Waals surface area contributed by atoms with E-state index in [1.807, 2.05) is 125 Å². The molecule has 3 fully saturated rings. The maximum absolute atomic E-state index is 15.5. The summed E-state index contributed by atoms with van der Waals surface area (Å²) in [4.78, 5) is 68.3. The zero-order valence-electron chi connectivity index (χ0n) is 51.8. The number of hydrogen-bond donors (Lipinski definition) is 0. The maximum atomic E-state index is 15.5. The smallest absolute Gasteiger partial charge is 0.256 e. The van der Waals surface area contributed by atoms with Crippen molar-refractivity contribution in [3.05, 3.63) is 197 Å². The molecule has 3 aliphatic heterocycles. The molecule has 0 N–H and O–H groups in total. The number of amides is 3. The van der Waals surface area contributed by atoms with Gasteiger partial charge in [-0.3, -0.25) is 14.4 Å². The molecule has 6 unspecified atom stereocenters. The summed E-state index contributed by atoms with van der Waals surface area (Å²) in [6, 6.07) is 38.6. The highest BCUT2D eigenvalue weighted by atomic mass is 79.9. The van der Waals surface area contributed by atoms with E-state index in [2.05, 4.69) is 41.1 Å². The van der Waals surface area contributed by atoms with E-state index in [9.17, 15) is 4.79 Å². The first-order chi connectivity index (χ1) is 45.8. The van der Waals surface area contributed by atoms with Gasteiger partial charge in [-0.15, -0.1) is 10.2 Å². The van der Waals surface area contributed by atoms with E-state index in [-0.39, 0.29) is 94.1 Å². The second-order valence-corrected chi connectivity index (χ2v) is 24.5. The highest BCUT2D eigenvalue weighted by Crippen LogP contribution is 2.32. The molecule has 476 valence electrons. The summed E-state index contributed by atoms with van der Waals surface area (Å²) < 4.78 is 38.0. The van der Waals surface area contributed by atoms with Crippen LogP contribution in [0.4, 0.5) is 0 Å². The van der Waals surface area contributed by atoms with Crippen LogP contribution in [0.1, 0.15) is 57.4 Å². The molecular weight excluding hydrogens is 1260 g/mol. The van der Waals surface area contributed by atoms with Gasteiger partial charge < -0.3 is 43.1 Å². The minimum atomic E-state index is -0.492. The Morgan fingerprint density at radius 1 is 0.479 bits per heavy atom. The van der Waals surface area contributed by atoms with Crippen LogP contribution < -0.4 is 14.2 Å². The average molecular weight is 1330 g/mol. The van der Waals surface area contributed by atoms with Gasteiger partial charge in [0.25, 0.3) is 17.7 Å². The molecule has 94 heavy (non-hydrogen) atoms. The fourth-order valence-electron chi connectivity index (χ4n) is 11.9. The van der Waals surface area contributed by atoms with Crippen LogP contribution in [0.3, 0.4) is 0 Å². The van der Waals surface area contributed by atoms with Gasteiger partial charge in [0.2, 0.25) is 17.6 Å². The molecule has 6 aromatic heterocycles. The standard InChI is InChI=1S/C69H64BrN15O9/c1-42-13-17-62(56(27-42)67(86)80-34-52(90-37-43(80)2)40-93-65-54-11-7-5-9-46(54)21-23-71-65)84-76-31-60(78-84)49-15-19-63(58(29-49)69(88)81-33-51(89-36-44(81)3)39-92-64-20-16-50(70)30-73-64)85-77-32-59(79-85)48-14-18-61(83-74-25-26-75-83)57(28-48)68(87)82-35-53(91-38-45(82)4)41-94-66-55-12-8-6-10-47(55)22-24-72-66/h5-32,43-45,51-53H,33-41H2,1-4H3. The van der Waals surface area contributed by atoms with Crippen LogP contribution in [-0.2, 0) is 14.2 Å². The molecule has 6 atom stereocenters. The zero-order chi connectivity index (χ0) is 64.4. The summed E-state index contributed by atoms with van der Waals surface area (Å²) in [7, 11) is 0. The van der Waals surface area contributed by atoms with Gasteiger partial charge in [0.05, 0.1) is 116 Å². The first kappa shape index (κ1) is 61.2. The molecule has 5 aromatic carbocycles. The third kappa shape index (κ3) is 12.8. The number of pyridine rings is 3. The summed E-state index contributed by atoms with van der Waals surface area (Å²) in [5.41, 5.74) is 5.10. The van der Waals surface area contributed by atoms with Crippen LogP contribution in [0.5, 0.6) is 17.6 Å². The molecule has 0 radical (unpaired) electrons. The molecule has 0 saturated carbocycles. The second-order valence-electron chi connectivity index (χ2n) is 23.5. The number of nitrogens with zero attached hydrogens (tertiary/aromatic N) is 15. The van der Waals surface area contributed by atoms with Crippen molar-refractivity contribution in [2.45, 2.75) is 64.1 Å². The normalized spacial score (nSPS) is 19.1. The van der Waals surface area contributed by atoms with Crippen molar-refractivity contribution < 1.29 is 42.8 Å². The number of rotatable bonds is 17. The number of halogens is 1. The lowest BCUT2D eigenvalue weighted by Gasteiger charge is -2.38. The SMILES string of the molecule is Cc1ccc(-n2ncc(-c3ccc(-n4ncc(-c5ccc(-n6nccn6)c(C(=O)N6CC(COc7nccc8ccccc78)OCC6C)c5)n4)c(C(=O)N4CC(COc5ccc(Br)cn5)OCC4C)c3)n2)c(C(=O)N2CC(COc3nccc4ccccc34)OCC2C)c1. The molecule has 0 spiro atoms. The molecule has 25 heteroatoms. The number of carbonyl (C=O) groups excluding carboxylic acids is 3. The van der Waals surface area contributed by atoms with Gasteiger partial charge in [-0.1, -0.05) is 60.2 Å². The number of benzene rings is 5. The number of carbonyl (C=O) groups is 3. The summed E-state index contributed by atoms with van der Waals surface area (Å²) in [5, 5.41) is 32.1. The lowest BCUT2D eigenvalue weighted by molar-refractivity contribution is -0.0632. The van der Waals surface area contributed by atoms with Gasteiger partial charge in [-0.25, -0.2) is 15.0 Å². The third-order valence-electron chi connectivity index (χ3n) is 17.0. The van der Waals surface area contributed by atoms with Gasteiger partial charge in [-0.2, -0.15) is 34.8 Å². The Balaban J connectivity index is 0.754. The number of hydrogen-bond acceptors (Lipinski definition) is 18. The molecular formula is C69H64BrN15O9. The Labute approximate surface area is 548 Å². The second kappa shape index (κ2) is 26.7. The van der Waals surface area contributed by atoms with Crippen LogP contribution in [0.2, 0.25) is 0 Å². The minimum Gasteiger partial charge on any atom is -0.475 e. The predicted octanol–water partition coefficient (Wildman–Crippen LogP) is 9.25. The van der Waals surface area contributed by atoms with Gasteiger partial charge in [0.15, 0.2) is 0 Å². The van der Waals surface area contributed by atoms with Gasteiger partial charge in [0.1, 0.15) is 49.5 Å². The molecule has 3 saturated heterocycles. The monoisotopic (exact) mass is 1330 g/mol. The molecule has 14 rings (SSSR count). The van der Waals surface area contributed by atoms with E-state index in [1.54, 1.807) is 88.4 Å².